The summed E-state index contributed by atoms with van der Waals surface area (Å²) >= 11 is 3.18. The predicted molar refractivity (Wildman–Crippen MR) is 78.2 cm³/mol. The maximum atomic E-state index is 14.3. The minimum atomic E-state index is -0.498. The Hall–Kier alpha value is -1.53. The molecule has 0 amide bonds. The molecule has 0 radical (unpaired) electrons. The first kappa shape index (κ1) is 14.4. The van der Waals surface area contributed by atoms with Crippen LogP contribution in [0.3, 0.4) is 0 Å². The van der Waals surface area contributed by atoms with Crippen molar-refractivity contribution in [2.24, 2.45) is 0 Å². The van der Waals surface area contributed by atoms with Gasteiger partial charge in [-0.05, 0) is 53.0 Å². The minimum absolute atomic E-state index is 0.114. The van der Waals surface area contributed by atoms with E-state index >= 15 is 0 Å². The van der Waals surface area contributed by atoms with Crippen LogP contribution in [-0.4, -0.2) is 11.0 Å². The predicted octanol–water partition coefficient (Wildman–Crippen LogP) is 4.17. The monoisotopic (exact) mass is 354 g/mol. The molecule has 3 nitrogen and oxygen atoms in total. The summed E-state index contributed by atoms with van der Waals surface area (Å²) in [7, 11) is 0. The number of benzene rings is 1. The fourth-order valence-electron chi connectivity index (χ4n) is 1.87. The number of hydrogen-bond donors (Lipinski definition) is 1. The Bertz CT molecular complexity index is 662. The number of halogens is 3. The molecule has 3 rings (SSSR count). The van der Waals surface area contributed by atoms with Crippen molar-refractivity contribution in [3.8, 4) is 11.6 Å². The van der Waals surface area contributed by atoms with Crippen molar-refractivity contribution in [3.63, 3.8) is 0 Å². The normalized spacial score (nSPS) is 14.2. The maximum Gasteiger partial charge on any atom is 0.256 e. The molecule has 1 aromatic heterocycles. The summed E-state index contributed by atoms with van der Waals surface area (Å²) in [5, 5.41) is 3.24. The zero-order valence-electron chi connectivity index (χ0n) is 11.1. The van der Waals surface area contributed by atoms with Crippen LogP contribution in [0, 0.1) is 11.6 Å². The van der Waals surface area contributed by atoms with Crippen LogP contribution in [0.5, 0.6) is 11.6 Å². The molecule has 0 atom stereocenters. The van der Waals surface area contributed by atoms with Crippen molar-refractivity contribution in [3.05, 3.63) is 52.1 Å². The van der Waals surface area contributed by atoms with Crippen molar-refractivity contribution in [1.29, 1.82) is 0 Å². The summed E-state index contributed by atoms with van der Waals surface area (Å²) in [5.41, 5.74) is 0.505. The Kier molecular flexibility index (Phi) is 4.17. The van der Waals surface area contributed by atoms with Gasteiger partial charge in [0.15, 0.2) is 5.82 Å². The highest BCUT2D eigenvalue weighted by Crippen LogP contribution is 2.31. The van der Waals surface area contributed by atoms with Crippen LogP contribution in [0.1, 0.15) is 18.4 Å². The molecule has 6 heteroatoms. The molecule has 1 N–H and O–H groups in total. The molecule has 0 bridgehead atoms. The second-order valence-corrected chi connectivity index (χ2v) is 5.78. The Balaban J connectivity index is 1.79. The molecule has 0 unspecified atom stereocenters. The number of ether oxygens (including phenoxy) is 1. The molecule has 0 saturated heterocycles. The van der Waals surface area contributed by atoms with Crippen molar-refractivity contribution < 1.29 is 13.5 Å². The van der Waals surface area contributed by atoms with Crippen molar-refractivity contribution >= 4 is 15.9 Å². The van der Waals surface area contributed by atoms with Crippen LogP contribution in [0.2, 0.25) is 0 Å². The average molecular weight is 355 g/mol. The molecule has 21 heavy (non-hydrogen) atoms. The van der Waals surface area contributed by atoms with Crippen LogP contribution >= 0.6 is 15.9 Å². The summed E-state index contributed by atoms with van der Waals surface area (Å²) in [6.07, 6.45) is 3.77. The van der Waals surface area contributed by atoms with Gasteiger partial charge in [0, 0.05) is 24.3 Å². The van der Waals surface area contributed by atoms with Gasteiger partial charge in [-0.1, -0.05) is 0 Å². The van der Waals surface area contributed by atoms with E-state index in [0.717, 1.165) is 12.8 Å². The van der Waals surface area contributed by atoms with E-state index in [1.54, 1.807) is 6.07 Å². The highest BCUT2D eigenvalue weighted by Gasteiger charge is 2.21. The van der Waals surface area contributed by atoms with E-state index in [9.17, 15) is 8.78 Å². The van der Waals surface area contributed by atoms with Gasteiger partial charge in [0.2, 0.25) is 0 Å². The molecule has 1 heterocycles. The summed E-state index contributed by atoms with van der Waals surface area (Å²) in [4.78, 5) is 3.90. The smallest absolute Gasteiger partial charge is 0.256 e. The lowest BCUT2D eigenvalue weighted by Crippen LogP contribution is -2.16. The summed E-state index contributed by atoms with van der Waals surface area (Å²) in [5.74, 6) is -0.695. The first-order valence-corrected chi connectivity index (χ1v) is 7.42. The quantitative estimate of drug-likeness (QED) is 0.874. The Morgan fingerprint density at radius 3 is 2.81 bits per heavy atom. The molecule has 110 valence electrons. The lowest BCUT2D eigenvalue weighted by molar-refractivity contribution is 0.414. The van der Waals surface area contributed by atoms with Crippen LogP contribution in [-0.2, 0) is 6.54 Å². The first-order chi connectivity index (χ1) is 10.1. The fourth-order valence-corrected chi connectivity index (χ4v) is 2.31. The molecular formula is C15H13BrF2N2O. The average Bonchev–Trinajstić information content (AvgIpc) is 3.27. The summed E-state index contributed by atoms with van der Waals surface area (Å²) in [6, 6.07) is 6.04. The summed E-state index contributed by atoms with van der Waals surface area (Å²) < 4.78 is 33.2. The van der Waals surface area contributed by atoms with Crippen LogP contribution in [0.15, 0.2) is 34.9 Å². The number of hydrogen-bond acceptors (Lipinski definition) is 3. The van der Waals surface area contributed by atoms with Crippen LogP contribution in [0.25, 0.3) is 0 Å². The number of rotatable bonds is 5. The second kappa shape index (κ2) is 6.07. The topological polar surface area (TPSA) is 34.1 Å². The molecule has 2 aromatic rings. The fraction of sp³-hybridized carbons (Fsp3) is 0.267. The maximum absolute atomic E-state index is 14.3. The molecule has 1 saturated carbocycles. The van der Waals surface area contributed by atoms with Gasteiger partial charge in [-0.3, -0.25) is 0 Å². The highest BCUT2D eigenvalue weighted by molar-refractivity contribution is 9.10. The SMILES string of the molecule is Fc1ccc(Oc2nccc(CNC3CC3)c2F)c(Br)c1. The van der Waals surface area contributed by atoms with Crippen LogP contribution < -0.4 is 10.1 Å². The second-order valence-electron chi connectivity index (χ2n) is 4.92. The van der Waals surface area contributed by atoms with Crippen molar-refractivity contribution in [2.75, 3.05) is 0 Å². The zero-order chi connectivity index (χ0) is 14.8. The molecule has 1 aromatic carbocycles. The molecule has 0 aliphatic heterocycles. The van der Waals surface area contributed by atoms with E-state index < -0.39 is 11.6 Å². The third-order valence-corrected chi connectivity index (χ3v) is 3.82. The van der Waals surface area contributed by atoms with Crippen LogP contribution in [0.4, 0.5) is 8.78 Å². The third-order valence-electron chi connectivity index (χ3n) is 3.20. The van der Waals surface area contributed by atoms with Crippen molar-refractivity contribution in [2.45, 2.75) is 25.4 Å². The van der Waals surface area contributed by atoms with Gasteiger partial charge in [-0.2, -0.15) is 0 Å². The van der Waals surface area contributed by atoms with Gasteiger partial charge in [0.25, 0.3) is 5.88 Å². The van der Waals surface area contributed by atoms with E-state index in [1.165, 1.54) is 24.4 Å². The lowest BCUT2D eigenvalue weighted by atomic mass is 10.2. The molecular weight excluding hydrogens is 342 g/mol. The Labute approximate surface area is 129 Å². The number of aromatic nitrogens is 1. The van der Waals surface area contributed by atoms with Gasteiger partial charge in [0.05, 0.1) is 4.47 Å². The zero-order valence-corrected chi connectivity index (χ0v) is 12.7. The van der Waals surface area contributed by atoms with E-state index in [1.807, 2.05) is 0 Å². The molecule has 1 aliphatic carbocycles. The molecule has 1 fully saturated rings. The number of nitrogens with one attached hydrogen (secondary N) is 1. The van der Waals surface area contributed by atoms with E-state index in [2.05, 4.69) is 26.2 Å². The summed E-state index contributed by atoms with van der Waals surface area (Å²) in [6.45, 7) is 0.444. The van der Waals surface area contributed by atoms with E-state index in [4.69, 9.17) is 4.74 Å². The largest absolute Gasteiger partial charge is 0.435 e. The van der Waals surface area contributed by atoms with Gasteiger partial charge >= 0.3 is 0 Å². The van der Waals surface area contributed by atoms with Crippen molar-refractivity contribution in [1.82, 2.24) is 10.3 Å². The molecule has 0 spiro atoms. The first-order valence-electron chi connectivity index (χ1n) is 6.63. The van der Waals surface area contributed by atoms with Gasteiger partial charge < -0.3 is 10.1 Å². The lowest BCUT2D eigenvalue weighted by Gasteiger charge is -2.10. The minimum Gasteiger partial charge on any atom is -0.435 e. The van der Waals surface area contributed by atoms with Gasteiger partial charge in [-0.25, -0.2) is 13.8 Å². The van der Waals surface area contributed by atoms with E-state index in [-0.39, 0.29) is 5.88 Å². The third kappa shape index (κ3) is 3.57. The number of nitrogens with zero attached hydrogens (tertiary/aromatic N) is 1. The number of pyridine rings is 1. The Morgan fingerprint density at radius 2 is 2.10 bits per heavy atom. The Morgan fingerprint density at radius 1 is 1.29 bits per heavy atom. The highest BCUT2D eigenvalue weighted by atomic mass is 79.9. The molecule has 1 aliphatic rings. The van der Waals surface area contributed by atoms with Gasteiger partial charge in [0.1, 0.15) is 11.6 Å². The van der Waals surface area contributed by atoms with Gasteiger partial charge in [-0.15, -0.1) is 0 Å². The standard InChI is InChI=1S/C15H13BrF2N2O/c16-12-7-10(17)1-4-13(12)21-15-14(18)9(5-6-19-15)8-20-11-2-3-11/h1,4-7,11,20H,2-3,8H2. The van der Waals surface area contributed by atoms with E-state index in [0.29, 0.717) is 28.4 Å².